The smallest absolute Gasteiger partial charge is 0.368 e. The summed E-state index contributed by atoms with van der Waals surface area (Å²) >= 11 is 0. The quantitative estimate of drug-likeness (QED) is 0.331. The summed E-state index contributed by atoms with van der Waals surface area (Å²) in [5.41, 5.74) is -1.07. The number of nitrogens with one attached hydrogen (secondary N) is 1. The van der Waals surface area contributed by atoms with Crippen LogP contribution in [0.15, 0.2) is 15.8 Å². The van der Waals surface area contributed by atoms with Gasteiger partial charge >= 0.3 is 11.1 Å². The van der Waals surface area contributed by atoms with Crippen LogP contribution >= 0.6 is 22.7 Å². The molecule has 0 spiro atoms. The van der Waals surface area contributed by atoms with E-state index in [1.165, 1.54) is 13.1 Å². The Labute approximate surface area is 175 Å². The van der Waals surface area contributed by atoms with Crippen molar-refractivity contribution < 1.29 is 50.7 Å². The molecule has 1 fully saturated rings. The Morgan fingerprint density at radius 1 is 1.35 bits per heavy atom. The average molecular weight is 511 g/mol. The van der Waals surface area contributed by atoms with Gasteiger partial charge in [-0.1, -0.05) is 7.43 Å². The van der Waals surface area contributed by atoms with Gasteiger partial charge in [0, 0.05) is 11.8 Å². The van der Waals surface area contributed by atoms with E-state index in [0.29, 0.717) is 0 Å². The first-order valence-corrected chi connectivity index (χ1v) is 11.9. The molecule has 19 heteroatoms. The summed E-state index contributed by atoms with van der Waals surface area (Å²) in [6.07, 6.45) is 0.143. The highest BCUT2D eigenvalue weighted by atomic mass is 31.3. The van der Waals surface area contributed by atoms with Crippen LogP contribution < -0.4 is 21.0 Å². The van der Waals surface area contributed by atoms with Crippen LogP contribution in [0.25, 0.3) is 0 Å². The maximum atomic E-state index is 13.4. The van der Waals surface area contributed by atoms with Crippen molar-refractivity contribution in [2.75, 3.05) is 6.61 Å². The predicted molar refractivity (Wildman–Crippen MR) is 103 cm³/mol. The Balaban J connectivity index is 0.00000480. The number of H-pyrrole nitrogens is 1. The van der Waals surface area contributed by atoms with Crippen LogP contribution in [0.2, 0.25) is 0 Å². The number of aromatic nitrogens is 2. The van der Waals surface area contributed by atoms with E-state index in [1.54, 1.807) is 0 Å². The summed E-state index contributed by atoms with van der Waals surface area (Å²) in [6, 6.07) is 0. The lowest BCUT2D eigenvalue weighted by molar-refractivity contribution is -0.229. The molecule has 0 saturated carbocycles. The molecule has 1 aliphatic rings. The van der Waals surface area contributed by atoms with Crippen molar-refractivity contribution >= 4 is 30.2 Å². The maximum Gasteiger partial charge on any atom is 0.368 e. The molecule has 0 amide bonds. The molecule has 0 bridgehead atoms. The van der Waals surface area contributed by atoms with Gasteiger partial charge in [0.05, 0.1) is 20.3 Å². The molecule has 3 unspecified atom stereocenters. The zero-order valence-electron chi connectivity index (χ0n) is 14.4. The number of aromatic amines is 1. The molecule has 180 valence electrons. The number of halogens is 2. The molecule has 2 rings (SSSR count). The lowest BCUT2D eigenvalue weighted by atomic mass is 10.2. The van der Waals surface area contributed by atoms with Crippen LogP contribution in [-0.2, 0) is 27.3 Å². The third-order valence-electron chi connectivity index (χ3n) is 3.75. The van der Waals surface area contributed by atoms with Gasteiger partial charge in [-0.3, -0.25) is 18.7 Å². The second-order valence-corrected chi connectivity index (χ2v) is 10.8. The van der Waals surface area contributed by atoms with E-state index in [2.05, 4.69) is 9.29 Å². The van der Waals surface area contributed by atoms with Crippen molar-refractivity contribution in [1.29, 1.82) is 0 Å². The van der Waals surface area contributed by atoms with Crippen LogP contribution in [0.1, 0.15) is 32.1 Å². The van der Waals surface area contributed by atoms with Crippen molar-refractivity contribution in [3.63, 3.8) is 0 Å². The second-order valence-electron chi connectivity index (χ2n) is 5.90. The van der Waals surface area contributed by atoms with Gasteiger partial charge in [0.25, 0.3) is 5.56 Å². The molecule has 31 heavy (non-hydrogen) atoms. The fourth-order valence-corrected chi connectivity index (χ4v) is 5.41. The molecule has 2 heterocycles. The van der Waals surface area contributed by atoms with E-state index >= 15 is 0 Å². The Kier molecular flexibility index (Phi) is 8.61. The first-order chi connectivity index (χ1) is 13.5. The topological polar surface area (TPSA) is 200 Å². The summed E-state index contributed by atoms with van der Waals surface area (Å²) in [7, 11) is -19.5. The van der Waals surface area contributed by atoms with Gasteiger partial charge in [-0.2, -0.15) is 8.78 Å². The molecule has 0 aliphatic carbocycles. The summed E-state index contributed by atoms with van der Waals surface area (Å²) in [6.45, 7) is 0.918. The highest BCUT2D eigenvalue weighted by Crippen LogP contribution is 2.74. The highest BCUT2D eigenvalue weighted by molar-refractivity contribution is 7.85. The zero-order chi connectivity index (χ0) is 23.1. The van der Waals surface area contributed by atoms with Crippen molar-refractivity contribution in [3.8, 4) is 0 Å². The van der Waals surface area contributed by atoms with Gasteiger partial charge < -0.3 is 37.6 Å². The minimum absolute atomic E-state index is 0. The fraction of sp³-hybridized carbons (Fsp3) is 0.667. The first-order valence-electron chi connectivity index (χ1n) is 7.66. The SMILES string of the molecule is C.[BH3-]P(=O)(OC[C@@H]1CC[C@H](n2cc(C)c(=O)[nH]c2=O)O1)OP(=O)([O-])C(F)(F)P(=O)([O-])O. The van der Waals surface area contributed by atoms with Crippen LogP contribution in [0.5, 0.6) is 0 Å². The standard InChI is InChI=1S/C11H19BF2N2O11P3.CH4/c1-6-4-16(10(18)15-9(6)17)8-3-2-7(26-8)5-25-30(12,24)27-29(22,23)11(13,14)28(19,20)21;/h4,7-8H,2-3,5H2,1,12H3,(H,22,23)(H,15,17,18)(H2,19,20,21);1H4/q-1;/p-2/t7-,8+,30?;/m0./s1. The molecule has 0 aromatic carbocycles. The number of hydrogen-bond acceptors (Lipinski definition) is 10. The zero-order valence-corrected chi connectivity index (χ0v) is 17.1. The summed E-state index contributed by atoms with van der Waals surface area (Å²) < 4.78 is 76.2. The van der Waals surface area contributed by atoms with Crippen molar-refractivity contribution in [3.05, 3.63) is 32.6 Å². The molecular formula is C12H21BF2N2O11P3-3. The molecule has 0 radical (unpaired) electrons. The molecule has 1 aromatic heterocycles. The lowest BCUT2D eigenvalue weighted by Gasteiger charge is -2.38. The fourth-order valence-electron chi connectivity index (χ4n) is 2.27. The van der Waals surface area contributed by atoms with E-state index in [4.69, 9.17) is 14.2 Å². The molecule has 13 nitrogen and oxygen atoms in total. The Morgan fingerprint density at radius 2 is 1.94 bits per heavy atom. The van der Waals surface area contributed by atoms with E-state index in [1.807, 2.05) is 0 Å². The van der Waals surface area contributed by atoms with E-state index in [-0.39, 0.29) is 25.8 Å². The summed E-state index contributed by atoms with van der Waals surface area (Å²) in [4.78, 5) is 55.8. The first kappa shape index (κ1) is 28.1. The van der Waals surface area contributed by atoms with Crippen molar-refractivity contribution in [2.45, 2.75) is 44.9 Å². The van der Waals surface area contributed by atoms with Gasteiger partial charge in [-0.15, -0.1) is 0 Å². The Hall–Kier alpha value is -0.945. The van der Waals surface area contributed by atoms with Crippen molar-refractivity contribution in [2.24, 2.45) is 0 Å². The van der Waals surface area contributed by atoms with E-state index in [9.17, 15) is 41.9 Å². The number of nitrogens with zero attached hydrogens (tertiary/aromatic N) is 1. The number of alkyl halides is 2. The third-order valence-corrected chi connectivity index (χ3v) is 8.34. The summed E-state index contributed by atoms with van der Waals surface area (Å²) in [5, 5.41) is -5.68. The van der Waals surface area contributed by atoms with Crippen molar-refractivity contribution in [1.82, 2.24) is 9.55 Å². The van der Waals surface area contributed by atoms with Crippen LogP contribution in [0.3, 0.4) is 0 Å². The average Bonchev–Trinajstić information content (AvgIpc) is 3.03. The highest BCUT2D eigenvalue weighted by Gasteiger charge is 2.53. The van der Waals surface area contributed by atoms with Gasteiger partial charge in [-0.05, 0) is 19.8 Å². The largest absolute Gasteiger partial charge is 0.774 e. The van der Waals surface area contributed by atoms with Crippen LogP contribution in [0, 0.1) is 6.92 Å². The van der Waals surface area contributed by atoms with Gasteiger partial charge in [0.2, 0.25) is 15.2 Å². The monoisotopic (exact) mass is 511 g/mol. The Morgan fingerprint density at radius 3 is 2.48 bits per heavy atom. The third kappa shape index (κ3) is 6.31. The van der Waals surface area contributed by atoms with Gasteiger partial charge in [0.1, 0.15) is 6.23 Å². The van der Waals surface area contributed by atoms with Crippen LogP contribution in [-0.4, -0.2) is 40.1 Å². The predicted octanol–water partition coefficient (Wildman–Crippen LogP) is -0.685. The minimum atomic E-state index is -6.69. The van der Waals surface area contributed by atoms with E-state index < -0.39 is 65.8 Å². The van der Waals surface area contributed by atoms with Gasteiger partial charge in [-0.25, -0.2) is 4.79 Å². The normalized spacial score (nSPS) is 25.1. The van der Waals surface area contributed by atoms with Crippen LogP contribution in [0.4, 0.5) is 8.78 Å². The Bertz CT molecular complexity index is 1070. The number of aryl methyl sites for hydroxylation is 1. The molecular weight excluding hydrogens is 490 g/mol. The minimum Gasteiger partial charge on any atom is -0.774 e. The molecule has 1 aliphatic heterocycles. The molecule has 1 saturated heterocycles. The molecule has 5 atom stereocenters. The number of hydrogen-bond donors (Lipinski definition) is 2. The molecule has 2 N–H and O–H groups in total. The van der Waals surface area contributed by atoms with E-state index in [0.717, 1.165) is 4.57 Å². The lowest BCUT2D eigenvalue weighted by Crippen LogP contribution is -2.33. The second kappa shape index (κ2) is 9.50. The molecule has 1 aromatic rings. The number of rotatable bonds is 8. The van der Waals surface area contributed by atoms with Gasteiger partial charge in [0.15, 0.2) is 7.47 Å². The summed E-state index contributed by atoms with van der Waals surface area (Å²) in [5.74, 6) is 0. The number of ether oxygens (including phenoxy) is 1. The maximum absolute atomic E-state index is 13.4.